The van der Waals surface area contributed by atoms with Gasteiger partial charge in [-0.3, -0.25) is 0 Å². The third-order valence-electron chi connectivity index (χ3n) is 3.63. The van der Waals surface area contributed by atoms with Gasteiger partial charge in [0, 0.05) is 5.92 Å². The van der Waals surface area contributed by atoms with Gasteiger partial charge < -0.3 is 15.2 Å². The van der Waals surface area contributed by atoms with Crippen molar-refractivity contribution in [3.05, 3.63) is 58.6 Å². The van der Waals surface area contributed by atoms with Gasteiger partial charge in [0.25, 0.3) is 0 Å². The fourth-order valence-corrected chi connectivity index (χ4v) is 2.71. The Bertz CT molecular complexity index is 616. The lowest BCUT2D eigenvalue weighted by Crippen LogP contribution is -2.15. The van der Waals surface area contributed by atoms with E-state index in [2.05, 4.69) is 6.07 Å². The molecule has 2 N–H and O–H groups in total. The highest BCUT2D eigenvalue weighted by molar-refractivity contribution is 6.32. The Morgan fingerprint density at radius 2 is 2.00 bits per heavy atom. The highest BCUT2D eigenvalue weighted by Crippen LogP contribution is 2.30. The van der Waals surface area contributed by atoms with Gasteiger partial charge in [0.05, 0.1) is 18.7 Å². The van der Waals surface area contributed by atoms with Crippen LogP contribution in [0.2, 0.25) is 5.02 Å². The summed E-state index contributed by atoms with van der Waals surface area (Å²) in [6, 6.07) is 14.0. The van der Waals surface area contributed by atoms with Crippen LogP contribution in [0.4, 0.5) is 0 Å². The van der Waals surface area contributed by atoms with Crippen molar-refractivity contribution >= 4 is 11.6 Å². The molecule has 2 rings (SSSR count). The zero-order chi connectivity index (χ0) is 15.9. The molecule has 0 heterocycles. The van der Waals surface area contributed by atoms with Gasteiger partial charge in [-0.25, -0.2) is 0 Å². The van der Waals surface area contributed by atoms with Crippen molar-refractivity contribution in [1.82, 2.24) is 0 Å². The molecule has 0 fully saturated rings. The molecule has 0 radical (unpaired) electrons. The minimum absolute atomic E-state index is 0.209. The van der Waals surface area contributed by atoms with Gasteiger partial charge in [-0.2, -0.15) is 0 Å². The third-order valence-corrected chi connectivity index (χ3v) is 3.92. The van der Waals surface area contributed by atoms with Crippen molar-refractivity contribution < 1.29 is 9.47 Å². The number of hydrogen-bond acceptors (Lipinski definition) is 3. The molecular weight excluding hydrogens is 298 g/mol. The van der Waals surface area contributed by atoms with Crippen molar-refractivity contribution in [1.29, 1.82) is 0 Å². The summed E-state index contributed by atoms with van der Waals surface area (Å²) < 4.78 is 10.7. The molecule has 0 aliphatic heterocycles. The van der Waals surface area contributed by atoms with E-state index >= 15 is 0 Å². The third kappa shape index (κ3) is 4.15. The molecule has 0 aromatic heterocycles. The molecule has 118 valence electrons. The quantitative estimate of drug-likeness (QED) is 0.838. The number of hydrogen-bond donors (Lipinski definition) is 1. The highest BCUT2D eigenvalue weighted by atomic mass is 35.5. The van der Waals surface area contributed by atoms with E-state index in [1.807, 2.05) is 43.3 Å². The van der Waals surface area contributed by atoms with E-state index in [0.717, 1.165) is 17.7 Å². The second kappa shape index (κ2) is 8.06. The average molecular weight is 320 g/mol. The Labute approximate surface area is 137 Å². The molecule has 0 aliphatic rings. The summed E-state index contributed by atoms with van der Waals surface area (Å²) in [5, 5.41) is 0.628. The van der Waals surface area contributed by atoms with E-state index in [9.17, 15) is 0 Å². The molecule has 3 nitrogen and oxygen atoms in total. The van der Waals surface area contributed by atoms with Gasteiger partial charge in [0.1, 0.15) is 11.5 Å². The summed E-state index contributed by atoms with van der Waals surface area (Å²) in [7, 11) is 1.67. The van der Waals surface area contributed by atoms with Crippen LogP contribution in [0.15, 0.2) is 42.5 Å². The molecule has 0 aliphatic carbocycles. The number of ether oxygens (including phenoxy) is 2. The summed E-state index contributed by atoms with van der Waals surface area (Å²) in [5.41, 5.74) is 8.28. The lowest BCUT2D eigenvalue weighted by atomic mass is 9.92. The van der Waals surface area contributed by atoms with E-state index in [4.69, 9.17) is 26.8 Å². The standard InChI is InChI=1S/C18H22ClNO2/c1-3-22-18-8-7-14(11-17(18)19)15(12-20)9-13-5-4-6-16(10-13)21-2/h4-8,10-11,15H,3,9,12,20H2,1-2H3. The van der Waals surface area contributed by atoms with Crippen molar-refractivity contribution in [2.24, 2.45) is 5.73 Å². The summed E-state index contributed by atoms with van der Waals surface area (Å²) in [5.74, 6) is 1.78. The Kier molecular flexibility index (Phi) is 6.10. The monoisotopic (exact) mass is 319 g/mol. The van der Waals surface area contributed by atoms with Crippen LogP contribution in [0.1, 0.15) is 24.0 Å². The number of benzene rings is 2. The van der Waals surface area contributed by atoms with Crippen LogP contribution in [-0.4, -0.2) is 20.3 Å². The maximum absolute atomic E-state index is 6.27. The highest BCUT2D eigenvalue weighted by Gasteiger charge is 2.13. The molecular formula is C18H22ClNO2. The molecule has 4 heteroatoms. The number of nitrogens with two attached hydrogens (primary N) is 1. The normalized spacial score (nSPS) is 12.0. The topological polar surface area (TPSA) is 44.5 Å². The molecule has 0 saturated heterocycles. The van der Waals surface area contributed by atoms with Crippen molar-refractivity contribution in [2.45, 2.75) is 19.3 Å². The summed E-state index contributed by atoms with van der Waals surface area (Å²) in [6.45, 7) is 3.10. The van der Waals surface area contributed by atoms with Crippen LogP contribution >= 0.6 is 11.6 Å². The second-order valence-corrected chi connectivity index (χ2v) is 5.52. The van der Waals surface area contributed by atoms with E-state index in [0.29, 0.717) is 23.9 Å². The molecule has 0 amide bonds. The first-order valence-corrected chi connectivity index (χ1v) is 7.81. The number of rotatable bonds is 7. The molecule has 0 spiro atoms. The zero-order valence-electron chi connectivity index (χ0n) is 13.0. The molecule has 0 bridgehead atoms. The summed E-state index contributed by atoms with van der Waals surface area (Å²) >= 11 is 6.27. The van der Waals surface area contributed by atoms with E-state index in [1.165, 1.54) is 5.56 Å². The molecule has 22 heavy (non-hydrogen) atoms. The Morgan fingerprint density at radius 3 is 2.64 bits per heavy atom. The molecule has 2 aromatic carbocycles. The van der Waals surface area contributed by atoms with Gasteiger partial charge in [0.15, 0.2) is 0 Å². The lowest BCUT2D eigenvalue weighted by Gasteiger charge is -2.17. The SMILES string of the molecule is CCOc1ccc(C(CN)Cc2cccc(OC)c2)cc1Cl. The minimum Gasteiger partial charge on any atom is -0.497 e. The van der Waals surface area contributed by atoms with E-state index in [-0.39, 0.29) is 5.92 Å². The Hall–Kier alpha value is -1.71. The first-order chi connectivity index (χ1) is 10.7. The van der Waals surface area contributed by atoms with Crippen LogP contribution in [-0.2, 0) is 6.42 Å². The molecule has 1 atom stereocenters. The Balaban J connectivity index is 2.18. The molecule has 2 aromatic rings. The summed E-state index contributed by atoms with van der Waals surface area (Å²) in [4.78, 5) is 0. The smallest absolute Gasteiger partial charge is 0.137 e. The van der Waals surface area contributed by atoms with Crippen molar-refractivity contribution in [3.63, 3.8) is 0 Å². The largest absolute Gasteiger partial charge is 0.497 e. The van der Waals surface area contributed by atoms with Crippen molar-refractivity contribution in [3.8, 4) is 11.5 Å². The minimum atomic E-state index is 0.209. The van der Waals surface area contributed by atoms with Gasteiger partial charge in [-0.15, -0.1) is 0 Å². The number of halogens is 1. The van der Waals surface area contributed by atoms with Crippen LogP contribution in [0.25, 0.3) is 0 Å². The predicted molar refractivity (Wildman–Crippen MR) is 91.1 cm³/mol. The van der Waals surface area contributed by atoms with E-state index < -0.39 is 0 Å². The lowest BCUT2D eigenvalue weighted by molar-refractivity contribution is 0.340. The fraction of sp³-hybridized carbons (Fsp3) is 0.333. The maximum atomic E-state index is 6.27. The fourth-order valence-electron chi connectivity index (χ4n) is 2.46. The van der Waals surface area contributed by atoms with E-state index in [1.54, 1.807) is 7.11 Å². The summed E-state index contributed by atoms with van der Waals surface area (Å²) in [6.07, 6.45) is 0.845. The average Bonchev–Trinajstić information content (AvgIpc) is 2.55. The van der Waals surface area contributed by atoms with Crippen LogP contribution in [0, 0.1) is 0 Å². The predicted octanol–water partition coefficient (Wildman–Crippen LogP) is 4.03. The maximum Gasteiger partial charge on any atom is 0.137 e. The Morgan fingerprint density at radius 1 is 1.18 bits per heavy atom. The second-order valence-electron chi connectivity index (χ2n) is 5.11. The number of methoxy groups -OCH3 is 1. The van der Waals surface area contributed by atoms with Crippen molar-refractivity contribution in [2.75, 3.05) is 20.3 Å². The van der Waals surface area contributed by atoms with Gasteiger partial charge in [0.2, 0.25) is 0 Å². The first-order valence-electron chi connectivity index (χ1n) is 7.43. The van der Waals surface area contributed by atoms with Crippen LogP contribution in [0.5, 0.6) is 11.5 Å². The zero-order valence-corrected chi connectivity index (χ0v) is 13.8. The van der Waals surface area contributed by atoms with Crippen LogP contribution in [0.3, 0.4) is 0 Å². The first kappa shape index (κ1) is 16.7. The van der Waals surface area contributed by atoms with Gasteiger partial charge >= 0.3 is 0 Å². The van der Waals surface area contributed by atoms with Crippen LogP contribution < -0.4 is 15.2 Å². The molecule has 1 unspecified atom stereocenters. The van der Waals surface area contributed by atoms with Gasteiger partial charge in [-0.1, -0.05) is 29.8 Å². The van der Waals surface area contributed by atoms with Gasteiger partial charge in [-0.05, 0) is 55.3 Å². The molecule has 0 saturated carbocycles.